The molecule has 8 heteroatoms. The number of hydrogen-bond donors (Lipinski definition) is 1. The van der Waals surface area contributed by atoms with Gasteiger partial charge in [0.05, 0.1) is 25.3 Å². The van der Waals surface area contributed by atoms with Crippen LogP contribution in [0.15, 0.2) is 60.8 Å². The second-order valence-corrected chi connectivity index (χ2v) is 5.90. The highest BCUT2D eigenvalue weighted by molar-refractivity contribution is 5.94. The monoisotopic (exact) mass is 387 g/mol. The van der Waals surface area contributed by atoms with E-state index >= 15 is 0 Å². The van der Waals surface area contributed by atoms with Crippen LogP contribution in [-0.4, -0.2) is 23.0 Å². The Hall–Kier alpha value is -3.42. The zero-order valence-electron chi connectivity index (χ0n) is 14.8. The first-order valence-corrected chi connectivity index (χ1v) is 8.29. The van der Waals surface area contributed by atoms with Crippen molar-refractivity contribution in [1.29, 1.82) is 0 Å². The molecule has 1 heterocycles. The Morgan fingerprint density at radius 1 is 1.11 bits per heavy atom. The number of rotatable bonds is 5. The molecule has 0 radical (unpaired) electrons. The number of hydrogen-bond acceptors (Lipinski definition) is 4. The van der Waals surface area contributed by atoms with Crippen LogP contribution in [-0.2, 0) is 17.4 Å². The minimum atomic E-state index is -4.49. The molecule has 1 amide bonds. The number of alkyl halides is 3. The molecule has 2 aromatic carbocycles. The van der Waals surface area contributed by atoms with Crippen molar-refractivity contribution in [3.05, 3.63) is 71.9 Å². The fraction of sp³-hybridized carbons (Fsp3) is 0.150. The maximum Gasteiger partial charge on any atom is 0.416 e. The van der Waals surface area contributed by atoms with E-state index in [0.29, 0.717) is 0 Å². The molecule has 28 heavy (non-hydrogen) atoms. The van der Waals surface area contributed by atoms with Crippen molar-refractivity contribution >= 4 is 11.7 Å². The first-order valence-electron chi connectivity index (χ1n) is 8.29. The van der Waals surface area contributed by atoms with Gasteiger partial charge in [-0.2, -0.15) is 18.2 Å². The summed E-state index contributed by atoms with van der Waals surface area (Å²) in [6, 6.07) is 13.7. The van der Waals surface area contributed by atoms with E-state index in [1.54, 1.807) is 12.1 Å². The van der Waals surface area contributed by atoms with Crippen molar-refractivity contribution in [2.45, 2.75) is 12.6 Å². The van der Waals surface area contributed by atoms with Gasteiger partial charge in [-0.25, -0.2) is 4.98 Å². The van der Waals surface area contributed by atoms with Crippen molar-refractivity contribution in [2.75, 3.05) is 12.4 Å². The highest BCUT2D eigenvalue weighted by Crippen LogP contribution is 2.33. The average Bonchev–Trinajstić information content (AvgIpc) is 2.68. The SMILES string of the molecule is COc1cnc(-c2cccc(C(F)(F)F)c2)c(NC(=O)Cc2ccccc2)n1. The Morgan fingerprint density at radius 3 is 2.54 bits per heavy atom. The number of carbonyl (C=O) groups is 1. The van der Waals surface area contributed by atoms with E-state index in [2.05, 4.69) is 15.3 Å². The van der Waals surface area contributed by atoms with Gasteiger partial charge in [-0.15, -0.1) is 0 Å². The minimum Gasteiger partial charge on any atom is -0.480 e. The van der Waals surface area contributed by atoms with Gasteiger partial charge >= 0.3 is 6.18 Å². The van der Waals surface area contributed by atoms with Crippen molar-refractivity contribution < 1.29 is 22.7 Å². The minimum absolute atomic E-state index is 0.0274. The Morgan fingerprint density at radius 2 is 1.86 bits per heavy atom. The zero-order chi connectivity index (χ0) is 20.1. The van der Waals surface area contributed by atoms with E-state index in [0.717, 1.165) is 17.7 Å². The van der Waals surface area contributed by atoms with Crippen LogP contribution < -0.4 is 10.1 Å². The maximum absolute atomic E-state index is 13.0. The van der Waals surface area contributed by atoms with E-state index in [-0.39, 0.29) is 35.3 Å². The predicted octanol–water partition coefficient (Wildman–Crippen LogP) is 4.35. The number of benzene rings is 2. The normalized spacial score (nSPS) is 11.1. The lowest BCUT2D eigenvalue weighted by molar-refractivity contribution is -0.137. The second-order valence-electron chi connectivity index (χ2n) is 5.90. The van der Waals surface area contributed by atoms with Crippen LogP contribution in [0.25, 0.3) is 11.3 Å². The summed E-state index contributed by atoms with van der Waals surface area (Å²) < 4.78 is 44.1. The first kappa shape index (κ1) is 19.3. The summed E-state index contributed by atoms with van der Waals surface area (Å²) in [6.07, 6.45) is -3.13. The van der Waals surface area contributed by atoms with Gasteiger partial charge < -0.3 is 10.1 Å². The molecule has 144 valence electrons. The summed E-state index contributed by atoms with van der Waals surface area (Å²) in [5.41, 5.74) is 0.272. The van der Waals surface area contributed by atoms with E-state index in [1.165, 1.54) is 25.4 Å². The lowest BCUT2D eigenvalue weighted by Gasteiger charge is -2.13. The molecule has 0 aliphatic heterocycles. The molecular formula is C20H16F3N3O2. The zero-order valence-corrected chi connectivity index (χ0v) is 14.8. The van der Waals surface area contributed by atoms with Crippen LogP contribution in [0.4, 0.5) is 19.0 Å². The molecule has 0 aliphatic rings. The van der Waals surface area contributed by atoms with Gasteiger partial charge in [0.2, 0.25) is 11.8 Å². The van der Waals surface area contributed by atoms with E-state index in [9.17, 15) is 18.0 Å². The van der Waals surface area contributed by atoms with Crippen LogP contribution in [0.5, 0.6) is 5.88 Å². The van der Waals surface area contributed by atoms with E-state index in [4.69, 9.17) is 4.74 Å². The summed E-state index contributed by atoms with van der Waals surface area (Å²) >= 11 is 0. The van der Waals surface area contributed by atoms with Crippen LogP contribution in [0.2, 0.25) is 0 Å². The van der Waals surface area contributed by atoms with Gasteiger partial charge in [0.25, 0.3) is 0 Å². The topological polar surface area (TPSA) is 64.1 Å². The van der Waals surface area contributed by atoms with E-state index < -0.39 is 11.7 Å². The number of nitrogens with one attached hydrogen (secondary N) is 1. The van der Waals surface area contributed by atoms with E-state index in [1.807, 2.05) is 18.2 Å². The predicted molar refractivity (Wildman–Crippen MR) is 97.8 cm³/mol. The summed E-state index contributed by atoms with van der Waals surface area (Å²) in [4.78, 5) is 20.7. The third-order valence-electron chi connectivity index (χ3n) is 3.89. The van der Waals surface area contributed by atoms with Crippen molar-refractivity contribution in [3.8, 4) is 17.1 Å². The number of ether oxygens (including phenoxy) is 1. The molecule has 5 nitrogen and oxygen atoms in total. The molecule has 0 aliphatic carbocycles. The van der Waals surface area contributed by atoms with Crippen LogP contribution in [0.1, 0.15) is 11.1 Å². The number of amides is 1. The Bertz CT molecular complexity index is 976. The number of carbonyl (C=O) groups excluding carboxylic acids is 1. The molecule has 0 unspecified atom stereocenters. The number of halogens is 3. The van der Waals surface area contributed by atoms with Gasteiger partial charge in [-0.3, -0.25) is 4.79 Å². The molecular weight excluding hydrogens is 371 g/mol. The third-order valence-corrected chi connectivity index (χ3v) is 3.89. The fourth-order valence-electron chi connectivity index (χ4n) is 2.57. The van der Waals surface area contributed by atoms with Crippen molar-refractivity contribution in [2.24, 2.45) is 0 Å². The van der Waals surface area contributed by atoms with Crippen molar-refractivity contribution in [1.82, 2.24) is 9.97 Å². The molecule has 1 N–H and O–H groups in total. The molecule has 0 atom stereocenters. The van der Waals surface area contributed by atoms with Gasteiger partial charge in [0, 0.05) is 5.56 Å². The summed E-state index contributed by atoms with van der Waals surface area (Å²) in [6.45, 7) is 0. The molecule has 0 bridgehead atoms. The standard InChI is InChI=1S/C20H16F3N3O2/c1-28-17-12-24-18(14-8-5-9-15(11-14)20(21,22)23)19(26-17)25-16(27)10-13-6-3-2-4-7-13/h2-9,11-12H,10H2,1H3,(H,25,26,27). The highest BCUT2D eigenvalue weighted by Gasteiger charge is 2.30. The fourth-order valence-corrected chi connectivity index (χ4v) is 2.57. The Kier molecular flexibility index (Phi) is 5.58. The smallest absolute Gasteiger partial charge is 0.416 e. The maximum atomic E-state index is 13.0. The van der Waals surface area contributed by atoms with Gasteiger partial charge in [-0.05, 0) is 17.7 Å². The molecule has 0 fully saturated rings. The summed E-state index contributed by atoms with van der Waals surface area (Å²) in [5, 5.41) is 2.62. The average molecular weight is 387 g/mol. The number of aromatic nitrogens is 2. The number of anilines is 1. The lowest BCUT2D eigenvalue weighted by Crippen LogP contribution is -2.17. The molecule has 3 aromatic rings. The third kappa shape index (κ3) is 4.64. The number of nitrogens with zero attached hydrogens (tertiary/aromatic N) is 2. The Balaban J connectivity index is 1.93. The van der Waals surface area contributed by atoms with Crippen LogP contribution in [0.3, 0.4) is 0 Å². The largest absolute Gasteiger partial charge is 0.480 e. The quantitative estimate of drug-likeness (QED) is 0.707. The van der Waals surface area contributed by atoms with Gasteiger partial charge in [-0.1, -0.05) is 42.5 Å². The summed E-state index contributed by atoms with van der Waals surface area (Å²) in [5.74, 6) is -0.215. The molecule has 0 saturated carbocycles. The first-order chi connectivity index (χ1) is 13.4. The Labute approximate surface area is 159 Å². The van der Waals surface area contributed by atoms with Gasteiger partial charge in [0.15, 0.2) is 5.82 Å². The van der Waals surface area contributed by atoms with Crippen LogP contribution in [0, 0.1) is 0 Å². The van der Waals surface area contributed by atoms with Crippen LogP contribution >= 0.6 is 0 Å². The molecule has 1 aromatic heterocycles. The lowest BCUT2D eigenvalue weighted by atomic mass is 10.1. The van der Waals surface area contributed by atoms with Gasteiger partial charge in [0.1, 0.15) is 5.69 Å². The van der Waals surface area contributed by atoms with Crippen molar-refractivity contribution in [3.63, 3.8) is 0 Å². The molecule has 0 spiro atoms. The molecule has 0 saturated heterocycles. The number of methoxy groups -OCH3 is 1. The highest BCUT2D eigenvalue weighted by atomic mass is 19.4. The molecule has 3 rings (SSSR count). The summed E-state index contributed by atoms with van der Waals surface area (Å²) in [7, 11) is 1.38. The second kappa shape index (κ2) is 8.08.